The van der Waals surface area contributed by atoms with Crippen molar-refractivity contribution < 1.29 is 9.53 Å². The first-order valence-corrected chi connectivity index (χ1v) is 7.19. The van der Waals surface area contributed by atoms with Gasteiger partial charge in [0.05, 0.1) is 7.11 Å². The molecule has 0 bridgehead atoms. The molecule has 0 saturated carbocycles. The highest BCUT2D eigenvalue weighted by molar-refractivity contribution is 9.10. The molecular formula is C16H13BrN2O2. The maximum Gasteiger partial charge on any atom is 0.272 e. The van der Waals surface area contributed by atoms with Crippen LogP contribution in [-0.2, 0) is 0 Å². The predicted molar refractivity (Wildman–Crippen MR) is 86.9 cm³/mol. The highest BCUT2D eigenvalue weighted by Gasteiger charge is 2.10. The third-order valence-electron chi connectivity index (χ3n) is 3.17. The van der Waals surface area contributed by atoms with Crippen molar-refractivity contribution in [3.63, 3.8) is 0 Å². The molecule has 1 heterocycles. The number of amides is 1. The summed E-state index contributed by atoms with van der Waals surface area (Å²) in [4.78, 5) is 15.3. The highest BCUT2D eigenvalue weighted by Crippen LogP contribution is 2.22. The molecule has 0 unspecified atom stereocenters. The molecule has 0 aliphatic heterocycles. The number of H-pyrrole nitrogens is 1. The molecule has 0 radical (unpaired) electrons. The number of nitrogens with one attached hydrogen (secondary N) is 2. The average molecular weight is 345 g/mol. The number of hydrogen-bond acceptors (Lipinski definition) is 2. The molecule has 5 heteroatoms. The lowest BCUT2D eigenvalue weighted by atomic mass is 10.2. The normalized spacial score (nSPS) is 10.6. The average Bonchev–Trinajstić information content (AvgIpc) is 2.92. The van der Waals surface area contributed by atoms with E-state index in [0.29, 0.717) is 5.69 Å². The van der Waals surface area contributed by atoms with Gasteiger partial charge in [0.1, 0.15) is 11.4 Å². The molecule has 1 amide bonds. The molecule has 21 heavy (non-hydrogen) atoms. The second-order valence-corrected chi connectivity index (χ2v) is 5.51. The van der Waals surface area contributed by atoms with E-state index >= 15 is 0 Å². The molecule has 2 N–H and O–H groups in total. The summed E-state index contributed by atoms with van der Waals surface area (Å²) in [5.74, 6) is 0.592. The van der Waals surface area contributed by atoms with Crippen LogP contribution in [0.1, 0.15) is 10.5 Å². The first kappa shape index (κ1) is 13.7. The van der Waals surface area contributed by atoms with E-state index in [4.69, 9.17) is 4.74 Å². The lowest BCUT2D eigenvalue weighted by molar-refractivity contribution is 0.102. The molecule has 0 spiro atoms. The molecule has 2 aromatic carbocycles. The Kier molecular flexibility index (Phi) is 3.66. The number of ether oxygens (including phenoxy) is 1. The number of anilines is 1. The number of rotatable bonds is 3. The standard InChI is InChI=1S/C16H13BrN2O2/c1-21-13-6-7-14-10(8-13)9-15(19-14)16(20)18-12-4-2-11(17)3-5-12/h2-9,19H,1H3,(H,18,20). The molecule has 3 rings (SSSR count). The zero-order chi connectivity index (χ0) is 14.8. The van der Waals surface area contributed by atoms with E-state index in [9.17, 15) is 4.79 Å². The third kappa shape index (κ3) is 2.92. The van der Waals surface area contributed by atoms with Crippen molar-refractivity contribution in [2.75, 3.05) is 12.4 Å². The second kappa shape index (κ2) is 5.61. The molecule has 0 atom stereocenters. The first-order valence-electron chi connectivity index (χ1n) is 6.39. The lowest BCUT2D eigenvalue weighted by Gasteiger charge is -2.03. The molecule has 1 aromatic heterocycles. The Morgan fingerprint density at radius 3 is 2.62 bits per heavy atom. The summed E-state index contributed by atoms with van der Waals surface area (Å²) in [6, 6.07) is 14.9. The molecule has 0 aliphatic rings. The van der Waals surface area contributed by atoms with Gasteiger partial charge in [-0.2, -0.15) is 0 Å². The summed E-state index contributed by atoms with van der Waals surface area (Å²) in [6.07, 6.45) is 0. The first-order chi connectivity index (χ1) is 10.2. The Bertz CT molecular complexity index is 794. The minimum atomic E-state index is -0.174. The van der Waals surface area contributed by atoms with Gasteiger partial charge in [-0.1, -0.05) is 15.9 Å². The van der Waals surface area contributed by atoms with Gasteiger partial charge >= 0.3 is 0 Å². The van der Waals surface area contributed by atoms with Crippen molar-refractivity contribution in [1.29, 1.82) is 0 Å². The summed E-state index contributed by atoms with van der Waals surface area (Å²) in [5, 5.41) is 3.79. The van der Waals surface area contributed by atoms with Gasteiger partial charge in [0.15, 0.2) is 0 Å². The molecule has 0 aliphatic carbocycles. The zero-order valence-electron chi connectivity index (χ0n) is 11.3. The maximum absolute atomic E-state index is 12.2. The number of aromatic amines is 1. The number of aromatic nitrogens is 1. The van der Waals surface area contributed by atoms with Gasteiger partial charge in [0.2, 0.25) is 0 Å². The molecule has 3 aromatic rings. The number of halogens is 1. The highest BCUT2D eigenvalue weighted by atomic mass is 79.9. The van der Waals surface area contributed by atoms with Crippen LogP contribution in [0.3, 0.4) is 0 Å². The van der Waals surface area contributed by atoms with Gasteiger partial charge in [0.25, 0.3) is 5.91 Å². The second-order valence-electron chi connectivity index (χ2n) is 4.60. The monoisotopic (exact) mass is 344 g/mol. The van der Waals surface area contributed by atoms with Crippen LogP contribution in [0.15, 0.2) is 53.0 Å². The quantitative estimate of drug-likeness (QED) is 0.748. The summed E-state index contributed by atoms with van der Waals surface area (Å²) >= 11 is 3.36. The number of carbonyl (C=O) groups is 1. The van der Waals surface area contributed by atoms with Crippen LogP contribution < -0.4 is 10.1 Å². The number of carbonyl (C=O) groups excluding carboxylic acids is 1. The van der Waals surface area contributed by atoms with Crippen molar-refractivity contribution >= 4 is 38.4 Å². The van der Waals surface area contributed by atoms with Gasteiger partial charge in [-0.25, -0.2) is 0 Å². The molecule has 0 fully saturated rings. The van der Waals surface area contributed by atoms with Crippen molar-refractivity contribution in [3.05, 3.63) is 58.7 Å². The number of benzene rings is 2. The fourth-order valence-electron chi connectivity index (χ4n) is 2.09. The van der Waals surface area contributed by atoms with E-state index in [-0.39, 0.29) is 5.91 Å². The Balaban J connectivity index is 1.85. The molecule has 4 nitrogen and oxygen atoms in total. The van der Waals surface area contributed by atoms with Crippen LogP contribution in [0, 0.1) is 0 Å². The van der Waals surface area contributed by atoms with Crippen LogP contribution >= 0.6 is 15.9 Å². The fraction of sp³-hybridized carbons (Fsp3) is 0.0625. The largest absolute Gasteiger partial charge is 0.497 e. The molecule has 0 saturated heterocycles. The van der Waals surface area contributed by atoms with Gasteiger partial charge in [-0.05, 0) is 48.5 Å². The topological polar surface area (TPSA) is 54.1 Å². The summed E-state index contributed by atoms with van der Waals surface area (Å²) in [7, 11) is 1.62. The van der Waals surface area contributed by atoms with Gasteiger partial charge in [0, 0.05) is 21.1 Å². The van der Waals surface area contributed by atoms with Crippen molar-refractivity contribution in [3.8, 4) is 5.75 Å². The van der Waals surface area contributed by atoms with Gasteiger partial charge in [-0.3, -0.25) is 4.79 Å². The van der Waals surface area contributed by atoms with Crippen LogP contribution in [0.4, 0.5) is 5.69 Å². The summed E-state index contributed by atoms with van der Waals surface area (Å²) in [5.41, 5.74) is 2.16. The van der Waals surface area contributed by atoms with Crippen molar-refractivity contribution in [1.82, 2.24) is 4.98 Å². The lowest BCUT2D eigenvalue weighted by Crippen LogP contribution is -2.11. The number of hydrogen-bond donors (Lipinski definition) is 2. The van der Waals surface area contributed by atoms with Gasteiger partial charge in [-0.15, -0.1) is 0 Å². The third-order valence-corrected chi connectivity index (χ3v) is 3.70. The van der Waals surface area contributed by atoms with E-state index in [1.54, 1.807) is 7.11 Å². The van der Waals surface area contributed by atoms with Crippen molar-refractivity contribution in [2.45, 2.75) is 0 Å². The molecule has 106 valence electrons. The molecular weight excluding hydrogens is 332 g/mol. The minimum Gasteiger partial charge on any atom is -0.497 e. The van der Waals surface area contributed by atoms with Crippen LogP contribution in [0.5, 0.6) is 5.75 Å². The van der Waals surface area contributed by atoms with Crippen molar-refractivity contribution in [2.24, 2.45) is 0 Å². The maximum atomic E-state index is 12.2. The van der Waals surface area contributed by atoms with E-state index < -0.39 is 0 Å². The summed E-state index contributed by atoms with van der Waals surface area (Å²) in [6.45, 7) is 0. The minimum absolute atomic E-state index is 0.174. The predicted octanol–water partition coefficient (Wildman–Crippen LogP) is 4.19. The van der Waals surface area contributed by atoms with E-state index in [1.807, 2.05) is 48.5 Å². The SMILES string of the molecule is COc1ccc2[nH]c(C(=O)Nc3ccc(Br)cc3)cc2c1. The Morgan fingerprint density at radius 2 is 1.90 bits per heavy atom. The van der Waals surface area contributed by atoms with E-state index in [2.05, 4.69) is 26.2 Å². The Hall–Kier alpha value is -2.27. The van der Waals surface area contributed by atoms with Crippen LogP contribution in [0.25, 0.3) is 10.9 Å². The van der Waals surface area contributed by atoms with Gasteiger partial charge < -0.3 is 15.0 Å². The Morgan fingerprint density at radius 1 is 1.14 bits per heavy atom. The van der Waals surface area contributed by atoms with Crippen LogP contribution in [-0.4, -0.2) is 18.0 Å². The summed E-state index contributed by atoms with van der Waals surface area (Å²) < 4.78 is 6.15. The number of fused-ring (bicyclic) bond motifs is 1. The van der Waals surface area contributed by atoms with E-state index in [1.165, 1.54) is 0 Å². The van der Waals surface area contributed by atoms with E-state index in [0.717, 1.165) is 26.8 Å². The Labute approximate surface area is 130 Å². The fourth-order valence-corrected chi connectivity index (χ4v) is 2.36. The smallest absolute Gasteiger partial charge is 0.272 e. The zero-order valence-corrected chi connectivity index (χ0v) is 12.9. The number of methoxy groups -OCH3 is 1. The van der Waals surface area contributed by atoms with Crippen LogP contribution in [0.2, 0.25) is 0 Å².